The Kier molecular flexibility index (Phi) is 6.92. The molecule has 1 atom stereocenters. The first-order valence-electron chi connectivity index (χ1n) is 6.40. The average Bonchev–Trinajstić information content (AvgIpc) is 2.38. The first kappa shape index (κ1) is 15.5. The lowest BCUT2D eigenvalue weighted by Crippen LogP contribution is -2.28. The lowest BCUT2D eigenvalue weighted by molar-refractivity contribution is -0.121. The van der Waals surface area contributed by atoms with Crippen LogP contribution in [0.2, 0.25) is 0 Å². The van der Waals surface area contributed by atoms with Crippen LogP contribution in [0.1, 0.15) is 18.4 Å². The zero-order chi connectivity index (χ0) is 14.1. The Hall–Kier alpha value is -1.59. The number of aliphatic hydroxyl groups is 1. The van der Waals surface area contributed by atoms with Crippen LogP contribution in [0.4, 0.5) is 5.69 Å². The van der Waals surface area contributed by atoms with Crippen molar-refractivity contribution >= 4 is 11.6 Å². The molecule has 0 fully saturated rings. The molecule has 4 N–H and O–H groups in total. The minimum absolute atomic E-state index is 0.0344. The van der Waals surface area contributed by atoms with Crippen LogP contribution in [0.3, 0.4) is 0 Å². The highest BCUT2D eigenvalue weighted by Gasteiger charge is 2.06. The number of nitrogens with two attached hydrogens (primary N) is 1. The molecule has 0 heterocycles. The molecule has 19 heavy (non-hydrogen) atoms. The van der Waals surface area contributed by atoms with Gasteiger partial charge >= 0.3 is 0 Å². The highest BCUT2D eigenvalue weighted by Crippen LogP contribution is 2.12. The predicted octanol–water partition coefficient (Wildman–Crippen LogP) is 0.715. The van der Waals surface area contributed by atoms with Crippen molar-refractivity contribution in [1.29, 1.82) is 0 Å². The number of hydrogen-bond acceptors (Lipinski definition) is 4. The number of rotatable bonds is 8. The van der Waals surface area contributed by atoms with E-state index in [2.05, 4.69) is 5.32 Å². The van der Waals surface area contributed by atoms with Gasteiger partial charge in [0, 0.05) is 25.8 Å². The molecule has 5 heteroatoms. The van der Waals surface area contributed by atoms with E-state index in [1.165, 1.54) is 7.11 Å². The minimum atomic E-state index is -0.532. The standard InChI is InChI=1S/C14H22N2O3/c1-19-10-12(17)8-9-16-14(18)7-6-11-4-2-3-5-13(11)15/h2-5,12,17H,6-10,15H2,1H3,(H,16,18). The molecule has 0 saturated heterocycles. The van der Waals surface area contributed by atoms with Gasteiger partial charge in [0.1, 0.15) is 0 Å². The molecule has 1 aromatic carbocycles. The number of amides is 1. The second kappa shape index (κ2) is 8.50. The predicted molar refractivity (Wildman–Crippen MR) is 74.7 cm³/mol. The van der Waals surface area contributed by atoms with Crippen LogP contribution in [-0.2, 0) is 16.0 Å². The maximum Gasteiger partial charge on any atom is 0.220 e. The second-order valence-electron chi connectivity index (χ2n) is 4.45. The SMILES string of the molecule is COCC(O)CCNC(=O)CCc1ccccc1N. The summed E-state index contributed by atoms with van der Waals surface area (Å²) in [5.41, 5.74) is 7.50. The van der Waals surface area contributed by atoms with Crippen molar-refractivity contribution in [2.75, 3.05) is 26.0 Å². The molecule has 0 aromatic heterocycles. The van der Waals surface area contributed by atoms with E-state index in [0.717, 1.165) is 5.56 Å². The molecule has 0 aliphatic carbocycles. The van der Waals surface area contributed by atoms with Crippen molar-refractivity contribution < 1.29 is 14.6 Å². The summed E-state index contributed by atoms with van der Waals surface area (Å²) in [6, 6.07) is 7.53. The van der Waals surface area contributed by atoms with E-state index in [1.807, 2.05) is 24.3 Å². The Balaban J connectivity index is 2.20. The van der Waals surface area contributed by atoms with E-state index in [1.54, 1.807) is 0 Å². The lowest BCUT2D eigenvalue weighted by atomic mass is 10.1. The Morgan fingerprint density at radius 3 is 2.89 bits per heavy atom. The van der Waals surface area contributed by atoms with Crippen LogP contribution in [0, 0.1) is 0 Å². The third kappa shape index (κ3) is 6.22. The molecular formula is C14H22N2O3. The number of methoxy groups -OCH3 is 1. The van der Waals surface area contributed by atoms with Gasteiger partial charge in [-0.25, -0.2) is 0 Å². The van der Waals surface area contributed by atoms with Gasteiger partial charge in [-0.1, -0.05) is 18.2 Å². The molecule has 1 unspecified atom stereocenters. The zero-order valence-electron chi connectivity index (χ0n) is 11.3. The van der Waals surface area contributed by atoms with Crippen LogP contribution < -0.4 is 11.1 Å². The van der Waals surface area contributed by atoms with E-state index >= 15 is 0 Å². The zero-order valence-corrected chi connectivity index (χ0v) is 11.3. The van der Waals surface area contributed by atoms with Gasteiger partial charge in [0.2, 0.25) is 5.91 Å². The van der Waals surface area contributed by atoms with Crippen molar-refractivity contribution in [3.63, 3.8) is 0 Å². The van der Waals surface area contributed by atoms with E-state index in [4.69, 9.17) is 10.5 Å². The Morgan fingerprint density at radius 2 is 2.21 bits per heavy atom. The molecule has 0 bridgehead atoms. The summed E-state index contributed by atoms with van der Waals surface area (Å²) in [6.45, 7) is 0.740. The van der Waals surface area contributed by atoms with Crippen LogP contribution in [-0.4, -0.2) is 37.4 Å². The van der Waals surface area contributed by atoms with E-state index < -0.39 is 6.10 Å². The molecule has 106 valence electrons. The molecular weight excluding hydrogens is 244 g/mol. The number of carbonyl (C=O) groups excluding carboxylic acids is 1. The number of aryl methyl sites for hydroxylation is 1. The molecule has 1 rings (SSSR count). The van der Waals surface area contributed by atoms with Crippen molar-refractivity contribution in [3.05, 3.63) is 29.8 Å². The fourth-order valence-corrected chi connectivity index (χ4v) is 1.75. The number of nitrogens with one attached hydrogen (secondary N) is 1. The molecule has 5 nitrogen and oxygen atoms in total. The topological polar surface area (TPSA) is 84.6 Å². The normalized spacial score (nSPS) is 12.1. The lowest BCUT2D eigenvalue weighted by Gasteiger charge is -2.10. The van der Waals surface area contributed by atoms with Gasteiger partial charge in [-0.3, -0.25) is 4.79 Å². The van der Waals surface area contributed by atoms with Crippen LogP contribution in [0.15, 0.2) is 24.3 Å². The number of benzene rings is 1. The average molecular weight is 266 g/mol. The van der Waals surface area contributed by atoms with E-state index in [-0.39, 0.29) is 12.5 Å². The van der Waals surface area contributed by atoms with Crippen molar-refractivity contribution in [2.45, 2.75) is 25.4 Å². The van der Waals surface area contributed by atoms with E-state index in [0.29, 0.717) is 31.5 Å². The maximum absolute atomic E-state index is 11.6. The Morgan fingerprint density at radius 1 is 1.47 bits per heavy atom. The van der Waals surface area contributed by atoms with Gasteiger partial charge in [0.05, 0.1) is 12.7 Å². The number of hydrogen-bond donors (Lipinski definition) is 3. The summed E-state index contributed by atoms with van der Waals surface area (Å²) >= 11 is 0. The van der Waals surface area contributed by atoms with Crippen LogP contribution >= 0.6 is 0 Å². The summed E-state index contributed by atoms with van der Waals surface area (Å²) in [7, 11) is 1.53. The van der Waals surface area contributed by atoms with E-state index in [9.17, 15) is 9.90 Å². The number of nitrogen functional groups attached to an aromatic ring is 1. The van der Waals surface area contributed by atoms with Gasteiger partial charge in [-0.05, 0) is 24.5 Å². The maximum atomic E-state index is 11.6. The van der Waals surface area contributed by atoms with Crippen molar-refractivity contribution in [1.82, 2.24) is 5.32 Å². The fourth-order valence-electron chi connectivity index (χ4n) is 1.75. The molecule has 1 amide bonds. The number of para-hydroxylation sites is 1. The molecule has 0 saturated carbocycles. The molecule has 0 aliphatic rings. The summed E-state index contributed by atoms with van der Waals surface area (Å²) in [5, 5.41) is 12.2. The quantitative estimate of drug-likeness (QED) is 0.605. The van der Waals surface area contributed by atoms with Gasteiger partial charge in [0.15, 0.2) is 0 Å². The largest absolute Gasteiger partial charge is 0.399 e. The fraction of sp³-hybridized carbons (Fsp3) is 0.500. The first-order chi connectivity index (χ1) is 9.13. The first-order valence-corrected chi connectivity index (χ1v) is 6.40. The van der Waals surface area contributed by atoms with Crippen LogP contribution in [0.5, 0.6) is 0 Å². The van der Waals surface area contributed by atoms with Crippen LogP contribution in [0.25, 0.3) is 0 Å². The summed E-state index contributed by atoms with van der Waals surface area (Å²) in [6.07, 6.45) is 0.982. The third-order valence-electron chi connectivity index (χ3n) is 2.84. The minimum Gasteiger partial charge on any atom is -0.399 e. The van der Waals surface area contributed by atoms with Gasteiger partial charge in [0.25, 0.3) is 0 Å². The number of ether oxygens (including phenoxy) is 1. The van der Waals surface area contributed by atoms with Crippen molar-refractivity contribution in [2.24, 2.45) is 0 Å². The monoisotopic (exact) mass is 266 g/mol. The third-order valence-corrected chi connectivity index (χ3v) is 2.84. The van der Waals surface area contributed by atoms with Gasteiger partial charge < -0.3 is 20.9 Å². The highest BCUT2D eigenvalue weighted by molar-refractivity contribution is 5.76. The molecule has 1 aromatic rings. The van der Waals surface area contributed by atoms with Gasteiger partial charge in [-0.2, -0.15) is 0 Å². The molecule has 0 radical (unpaired) electrons. The number of aliphatic hydroxyl groups excluding tert-OH is 1. The number of carbonyl (C=O) groups is 1. The highest BCUT2D eigenvalue weighted by atomic mass is 16.5. The van der Waals surface area contributed by atoms with Gasteiger partial charge in [-0.15, -0.1) is 0 Å². The second-order valence-corrected chi connectivity index (χ2v) is 4.45. The summed E-state index contributed by atoms with van der Waals surface area (Å²) < 4.78 is 4.80. The summed E-state index contributed by atoms with van der Waals surface area (Å²) in [4.78, 5) is 11.6. The Bertz CT molecular complexity index is 396. The smallest absolute Gasteiger partial charge is 0.220 e. The summed E-state index contributed by atoms with van der Waals surface area (Å²) in [5.74, 6) is -0.0344. The molecule has 0 spiro atoms. The Labute approximate surface area is 113 Å². The van der Waals surface area contributed by atoms with Crippen molar-refractivity contribution in [3.8, 4) is 0 Å². The molecule has 0 aliphatic heterocycles. The number of anilines is 1.